The number of carbonyl (C=O) groups excluding carboxylic acids is 1. The Hall–Kier alpha value is -1.42. The van der Waals surface area contributed by atoms with Crippen LogP contribution in [0.4, 0.5) is 4.39 Å². The predicted octanol–water partition coefficient (Wildman–Crippen LogP) is 3.13. The van der Waals surface area contributed by atoms with E-state index in [0.717, 1.165) is 57.6 Å². The molecule has 1 aliphatic heterocycles. The molecule has 0 N–H and O–H groups in total. The third-order valence-electron chi connectivity index (χ3n) is 4.83. The summed E-state index contributed by atoms with van der Waals surface area (Å²) in [5.41, 5.74) is 0.580. The zero-order chi connectivity index (χ0) is 15.6. The van der Waals surface area contributed by atoms with E-state index in [1.54, 1.807) is 12.1 Å². The van der Waals surface area contributed by atoms with E-state index in [2.05, 4.69) is 6.92 Å². The molecule has 1 saturated heterocycles. The van der Waals surface area contributed by atoms with Crippen LogP contribution in [0.3, 0.4) is 0 Å². The molecule has 1 atom stereocenters. The van der Waals surface area contributed by atoms with E-state index < -0.39 is 0 Å². The van der Waals surface area contributed by atoms with Crippen LogP contribution in [0.5, 0.6) is 0 Å². The molecule has 2 fully saturated rings. The van der Waals surface area contributed by atoms with Crippen LogP contribution in [0.15, 0.2) is 24.3 Å². The minimum atomic E-state index is -0.382. The van der Waals surface area contributed by atoms with Crippen LogP contribution in [0.25, 0.3) is 0 Å². The Labute approximate surface area is 131 Å². The van der Waals surface area contributed by atoms with Crippen molar-refractivity contribution in [3.8, 4) is 0 Å². The Balaban J connectivity index is 1.61. The molecule has 3 rings (SSSR count). The number of nitrogens with zero attached hydrogens (tertiary/aromatic N) is 1. The van der Waals surface area contributed by atoms with E-state index >= 15 is 0 Å². The van der Waals surface area contributed by atoms with Crippen LogP contribution in [-0.2, 0) is 14.9 Å². The summed E-state index contributed by atoms with van der Waals surface area (Å²) in [5.74, 6) is 0.429. The zero-order valence-electron chi connectivity index (χ0n) is 13.2. The quantitative estimate of drug-likeness (QED) is 0.756. The van der Waals surface area contributed by atoms with Gasteiger partial charge in [-0.3, -0.25) is 4.79 Å². The van der Waals surface area contributed by atoms with Gasteiger partial charge in [0.1, 0.15) is 5.82 Å². The van der Waals surface area contributed by atoms with Gasteiger partial charge in [0.05, 0.1) is 12.0 Å². The van der Waals surface area contributed by atoms with Gasteiger partial charge in [0.15, 0.2) is 0 Å². The van der Waals surface area contributed by atoms with Gasteiger partial charge in [0.2, 0.25) is 5.91 Å². The van der Waals surface area contributed by atoms with Gasteiger partial charge in [-0.15, -0.1) is 0 Å². The van der Waals surface area contributed by atoms with E-state index in [9.17, 15) is 9.18 Å². The molecular weight excluding hydrogens is 281 g/mol. The van der Waals surface area contributed by atoms with Crippen molar-refractivity contribution in [3.05, 3.63) is 35.6 Å². The first-order valence-corrected chi connectivity index (χ1v) is 8.29. The highest BCUT2D eigenvalue weighted by atomic mass is 19.1. The lowest BCUT2D eigenvalue weighted by Crippen LogP contribution is -2.38. The van der Waals surface area contributed by atoms with Crippen molar-refractivity contribution in [2.45, 2.75) is 38.0 Å². The Bertz CT molecular complexity index is 524. The smallest absolute Gasteiger partial charge is 0.233 e. The standard InChI is InChI=1S/C18H24FNO2/c1-2-11-22-13-14-7-10-20(12-14)17(21)18(8-9-18)15-3-5-16(19)6-4-15/h3-6,14H,2,7-13H2,1H3. The molecule has 120 valence electrons. The number of hydrogen-bond acceptors (Lipinski definition) is 2. The van der Waals surface area contributed by atoms with Crippen LogP contribution in [0, 0.1) is 11.7 Å². The number of rotatable bonds is 6. The Morgan fingerprint density at radius 1 is 1.36 bits per heavy atom. The largest absolute Gasteiger partial charge is 0.381 e. The molecule has 0 radical (unpaired) electrons. The third-order valence-corrected chi connectivity index (χ3v) is 4.83. The number of benzene rings is 1. The number of amides is 1. The third kappa shape index (κ3) is 3.02. The van der Waals surface area contributed by atoms with Crippen LogP contribution in [0.1, 0.15) is 38.2 Å². The molecule has 22 heavy (non-hydrogen) atoms. The molecule has 3 nitrogen and oxygen atoms in total. The number of ether oxygens (including phenoxy) is 1. The molecule has 2 aliphatic rings. The van der Waals surface area contributed by atoms with Gasteiger partial charge in [0.25, 0.3) is 0 Å². The van der Waals surface area contributed by atoms with Crippen LogP contribution < -0.4 is 0 Å². The summed E-state index contributed by atoms with van der Waals surface area (Å²) in [4.78, 5) is 14.9. The van der Waals surface area contributed by atoms with E-state index in [-0.39, 0.29) is 17.1 Å². The first-order chi connectivity index (χ1) is 10.7. The van der Waals surface area contributed by atoms with Gasteiger partial charge in [-0.2, -0.15) is 0 Å². The summed E-state index contributed by atoms with van der Waals surface area (Å²) < 4.78 is 18.7. The maximum Gasteiger partial charge on any atom is 0.233 e. The highest BCUT2D eigenvalue weighted by molar-refractivity contribution is 5.91. The molecule has 1 unspecified atom stereocenters. The summed E-state index contributed by atoms with van der Waals surface area (Å²) in [5, 5.41) is 0. The maximum atomic E-state index is 13.1. The normalized spacial score (nSPS) is 22.8. The first kappa shape index (κ1) is 15.5. The van der Waals surface area contributed by atoms with Gasteiger partial charge in [0, 0.05) is 25.6 Å². The van der Waals surface area contributed by atoms with Gasteiger partial charge in [-0.05, 0) is 43.4 Å². The van der Waals surface area contributed by atoms with E-state index in [0.29, 0.717) is 5.92 Å². The molecule has 1 aromatic carbocycles. The van der Waals surface area contributed by atoms with E-state index in [1.165, 1.54) is 12.1 Å². The number of carbonyl (C=O) groups is 1. The molecule has 4 heteroatoms. The van der Waals surface area contributed by atoms with Gasteiger partial charge < -0.3 is 9.64 Å². The summed E-state index contributed by atoms with van der Waals surface area (Å²) in [7, 11) is 0. The molecule has 0 spiro atoms. The first-order valence-electron chi connectivity index (χ1n) is 8.29. The van der Waals surface area contributed by atoms with Crippen LogP contribution >= 0.6 is 0 Å². The highest BCUT2D eigenvalue weighted by Gasteiger charge is 2.53. The fourth-order valence-corrected chi connectivity index (χ4v) is 3.37. The maximum absolute atomic E-state index is 13.1. The summed E-state index contributed by atoms with van der Waals surface area (Å²) >= 11 is 0. The second-order valence-electron chi connectivity index (χ2n) is 6.57. The van der Waals surface area contributed by atoms with Crippen molar-refractivity contribution < 1.29 is 13.9 Å². The summed E-state index contributed by atoms with van der Waals surface area (Å²) in [6.45, 7) is 5.27. The Morgan fingerprint density at radius 3 is 2.73 bits per heavy atom. The van der Waals surface area contributed by atoms with Crippen molar-refractivity contribution in [2.75, 3.05) is 26.3 Å². The summed E-state index contributed by atoms with van der Waals surface area (Å²) in [6, 6.07) is 6.43. The molecule has 1 aromatic rings. The minimum Gasteiger partial charge on any atom is -0.381 e. The number of likely N-dealkylation sites (tertiary alicyclic amines) is 1. The van der Waals surface area contributed by atoms with Crippen LogP contribution in [0.2, 0.25) is 0 Å². The highest BCUT2D eigenvalue weighted by Crippen LogP contribution is 2.50. The second kappa shape index (κ2) is 6.37. The van der Waals surface area contributed by atoms with Crippen molar-refractivity contribution in [2.24, 2.45) is 5.92 Å². The molecule has 1 amide bonds. The molecular formula is C18H24FNO2. The Kier molecular flexibility index (Phi) is 4.48. The van der Waals surface area contributed by atoms with Gasteiger partial charge >= 0.3 is 0 Å². The lowest BCUT2D eigenvalue weighted by atomic mass is 9.94. The van der Waals surface area contributed by atoms with Crippen molar-refractivity contribution in [1.29, 1.82) is 0 Å². The summed E-state index contributed by atoms with van der Waals surface area (Å²) in [6.07, 6.45) is 3.81. The molecule has 0 bridgehead atoms. The Morgan fingerprint density at radius 2 is 2.09 bits per heavy atom. The van der Waals surface area contributed by atoms with Gasteiger partial charge in [-0.1, -0.05) is 19.1 Å². The lowest BCUT2D eigenvalue weighted by Gasteiger charge is -2.23. The fraction of sp³-hybridized carbons (Fsp3) is 0.611. The molecule has 1 aliphatic carbocycles. The van der Waals surface area contributed by atoms with E-state index in [4.69, 9.17) is 4.74 Å². The van der Waals surface area contributed by atoms with Crippen molar-refractivity contribution >= 4 is 5.91 Å². The predicted molar refractivity (Wildman–Crippen MR) is 83.1 cm³/mol. The second-order valence-corrected chi connectivity index (χ2v) is 6.57. The average molecular weight is 305 g/mol. The molecule has 0 aromatic heterocycles. The minimum absolute atomic E-state index is 0.220. The monoisotopic (exact) mass is 305 g/mol. The zero-order valence-corrected chi connectivity index (χ0v) is 13.2. The van der Waals surface area contributed by atoms with Crippen molar-refractivity contribution in [1.82, 2.24) is 4.90 Å². The van der Waals surface area contributed by atoms with Gasteiger partial charge in [-0.25, -0.2) is 4.39 Å². The SMILES string of the molecule is CCCOCC1CCN(C(=O)C2(c3ccc(F)cc3)CC2)C1. The van der Waals surface area contributed by atoms with Crippen LogP contribution in [-0.4, -0.2) is 37.1 Å². The number of halogens is 1. The topological polar surface area (TPSA) is 29.5 Å². The molecule has 1 heterocycles. The average Bonchev–Trinajstić information content (AvgIpc) is 3.20. The molecule has 1 saturated carbocycles. The lowest BCUT2D eigenvalue weighted by molar-refractivity contribution is -0.133. The number of hydrogen-bond donors (Lipinski definition) is 0. The van der Waals surface area contributed by atoms with E-state index in [1.807, 2.05) is 4.90 Å². The van der Waals surface area contributed by atoms with Crippen molar-refractivity contribution in [3.63, 3.8) is 0 Å². The fourth-order valence-electron chi connectivity index (χ4n) is 3.37.